The lowest BCUT2D eigenvalue weighted by atomic mass is 10.1. The topological polar surface area (TPSA) is 3.24 Å². The Hall–Kier alpha value is -0.110. The highest BCUT2D eigenvalue weighted by Gasteiger charge is 2.34. The smallest absolute Gasteiger partial charge is 0.114 e. The molecule has 52 valence electrons. The number of alkyl halides is 1. The van der Waals surface area contributed by atoms with Crippen LogP contribution in [-0.2, 0) is 0 Å². The fraction of sp³-hybridized carbons (Fsp3) is 1.00. The zero-order valence-corrected chi connectivity index (χ0v) is 5.52. The number of halogens is 1. The summed E-state index contributed by atoms with van der Waals surface area (Å²) in [5.41, 5.74) is 0. The van der Waals surface area contributed by atoms with E-state index in [0.29, 0.717) is 12.6 Å². The third-order valence-corrected chi connectivity index (χ3v) is 2.46. The summed E-state index contributed by atoms with van der Waals surface area (Å²) in [5, 5.41) is 0. The molecule has 2 aliphatic rings. The van der Waals surface area contributed by atoms with Crippen molar-refractivity contribution >= 4 is 0 Å². The molecule has 2 heteroatoms. The zero-order valence-electron chi connectivity index (χ0n) is 5.52. The molecule has 0 unspecified atom stereocenters. The molecular weight excluding hydrogens is 117 g/mol. The van der Waals surface area contributed by atoms with Crippen molar-refractivity contribution < 1.29 is 4.39 Å². The molecule has 2 fully saturated rings. The van der Waals surface area contributed by atoms with Gasteiger partial charge in [0.1, 0.15) is 6.17 Å². The largest absolute Gasteiger partial charge is 0.297 e. The van der Waals surface area contributed by atoms with Crippen LogP contribution in [0.3, 0.4) is 0 Å². The second kappa shape index (κ2) is 1.94. The summed E-state index contributed by atoms with van der Waals surface area (Å²) in [5.74, 6) is 0. The average Bonchev–Trinajstić information content (AvgIpc) is 2.22. The Labute approximate surface area is 54.8 Å². The van der Waals surface area contributed by atoms with Gasteiger partial charge in [-0.05, 0) is 25.8 Å². The molecular formula is C7H12FN. The van der Waals surface area contributed by atoms with Crippen molar-refractivity contribution in [3.8, 4) is 0 Å². The number of hydrogen-bond acceptors (Lipinski definition) is 1. The molecule has 0 radical (unpaired) electrons. The lowest BCUT2D eigenvalue weighted by molar-refractivity contribution is 0.292. The first-order valence-electron chi connectivity index (χ1n) is 3.74. The van der Waals surface area contributed by atoms with Crippen LogP contribution in [0.25, 0.3) is 0 Å². The summed E-state index contributed by atoms with van der Waals surface area (Å²) < 4.78 is 12.6. The summed E-state index contributed by atoms with van der Waals surface area (Å²) in [6, 6.07) is 0.611. The van der Waals surface area contributed by atoms with E-state index in [1.807, 2.05) is 0 Å². The van der Waals surface area contributed by atoms with Crippen molar-refractivity contribution in [3.05, 3.63) is 0 Å². The molecule has 9 heavy (non-hydrogen) atoms. The van der Waals surface area contributed by atoms with Gasteiger partial charge in [0.15, 0.2) is 0 Å². The Morgan fingerprint density at radius 3 is 3.11 bits per heavy atom. The second-order valence-corrected chi connectivity index (χ2v) is 3.12. The van der Waals surface area contributed by atoms with Crippen molar-refractivity contribution in [3.63, 3.8) is 0 Å². The van der Waals surface area contributed by atoms with E-state index in [4.69, 9.17) is 0 Å². The van der Waals surface area contributed by atoms with E-state index in [1.165, 1.54) is 12.8 Å². The molecule has 0 bridgehead atoms. The number of rotatable bonds is 0. The minimum Gasteiger partial charge on any atom is -0.297 e. The molecule has 2 saturated heterocycles. The molecule has 0 aromatic heterocycles. The Balaban J connectivity index is 2.02. The summed E-state index contributed by atoms with van der Waals surface area (Å²) in [6.45, 7) is 1.86. The van der Waals surface area contributed by atoms with E-state index in [1.54, 1.807) is 0 Å². The first-order valence-corrected chi connectivity index (χ1v) is 3.74. The third kappa shape index (κ3) is 0.855. The predicted molar refractivity (Wildman–Crippen MR) is 34.1 cm³/mol. The van der Waals surface area contributed by atoms with Crippen molar-refractivity contribution in [2.45, 2.75) is 31.5 Å². The van der Waals surface area contributed by atoms with E-state index >= 15 is 0 Å². The molecule has 0 spiro atoms. The van der Waals surface area contributed by atoms with Crippen LogP contribution < -0.4 is 0 Å². The van der Waals surface area contributed by atoms with Crippen molar-refractivity contribution in [1.29, 1.82) is 0 Å². The normalized spacial score (nSPS) is 43.7. The number of hydrogen-bond donors (Lipinski definition) is 0. The second-order valence-electron chi connectivity index (χ2n) is 3.12. The highest BCUT2D eigenvalue weighted by Crippen LogP contribution is 2.28. The van der Waals surface area contributed by atoms with Gasteiger partial charge in [-0.3, -0.25) is 4.90 Å². The summed E-state index contributed by atoms with van der Waals surface area (Å²) in [7, 11) is 0. The molecule has 2 atom stereocenters. The van der Waals surface area contributed by atoms with Crippen molar-refractivity contribution in [1.82, 2.24) is 4.90 Å². The summed E-state index contributed by atoms with van der Waals surface area (Å²) >= 11 is 0. The van der Waals surface area contributed by atoms with Crippen LogP contribution in [0.15, 0.2) is 0 Å². The van der Waals surface area contributed by atoms with Gasteiger partial charge in [-0.15, -0.1) is 0 Å². The van der Waals surface area contributed by atoms with Gasteiger partial charge in [0.25, 0.3) is 0 Å². The van der Waals surface area contributed by atoms with Gasteiger partial charge in [-0.25, -0.2) is 4.39 Å². The SMILES string of the molecule is F[C@@H]1C[C@@H]2CCCN2C1. The molecule has 2 heterocycles. The molecule has 0 amide bonds. The Morgan fingerprint density at radius 2 is 2.33 bits per heavy atom. The van der Waals surface area contributed by atoms with Crippen LogP contribution in [-0.4, -0.2) is 30.2 Å². The zero-order chi connectivity index (χ0) is 6.27. The Bertz CT molecular complexity index is 103. The molecule has 0 aromatic carbocycles. The monoisotopic (exact) mass is 129 g/mol. The first-order chi connectivity index (χ1) is 4.36. The van der Waals surface area contributed by atoms with E-state index in [2.05, 4.69) is 4.90 Å². The van der Waals surface area contributed by atoms with E-state index in [0.717, 1.165) is 13.0 Å². The maximum absolute atomic E-state index is 12.6. The fourth-order valence-electron chi connectivity index (χ4n) is 2.03. The molecule has 2 rings (SSSR count). The molecule has 0 aliphatic carbocycles. The lowest BCUT2D eigenvalue weighted by Gasteiger charge is -2.11. The maximum atomic E-state index is 12.6. The van der Waals surface area contributed by atoms with Gasteiger partial charge in [-0.1, -0.05) is 0 Å². The maximum Gasteiger partial charge on any atom is 0.114 e. The quantitative estimate of drug-likeness (QED) is 0.475. The van der Waals surface area contributed by atoms with Gasteiger partial charge in [-0.2, -0.15) is 0 Å². The Morgan fingerprint density at radius 1 is 1.44 bits per heavy atom. The van der Waals surface area contributed by atoms with Crippen LogP contribution >= 0.6 is 0 Å². The van der Waals surface area contributed by atoms with Gasteiger partial charge in [0.05, 0.1) is 0 Å². The predicted octanol–water partition coefficient (Wildman–Crippen LogP) is 1.19. The van der Waals surface area contributed by atoms with Crippen LogP contribution in [0.1, 0.15) is 19.3 Å². The standard InChI is InChI=1S/C7H12FN/c8-6-4-7-2-1-3-9(7)5-6/h6-7H,1-5H2/t6-,7+/m1/s1. The average molecular weight is 129 g/mol. The van der Waals surface area contributed by atoms with Crippen molar-refractivity contribution in [2.24, 2.45) is 0 Å². The van der Waals surface area contributed by atoms with Crippen LogP contribution in [0.2, 0.25) is 0 Å². The highest BCUT2D eigenvalue weighted by molar-refractivity contribution is 4.89. The summed E-state index contributed by atoms with van der Waals surface area (Å²) in [4.78, 5) is 2.28. The third-order valence-electron chi connectivity index (χ3n) is 2.46. The van der Waals surface area contributed by atoms with Crippen molar-refractivity contribution in [2.75, 3.05) is 13.1 Å². The minimum absolute atomic E-state index is 0.518. The Kier molecular flexibility index (Phi) is 1.22. The minimum atomic E-state index is -0.518. The van der Waals surface area contributed by atoms with Gasteiger partial charge in [0, 0.05) is 12.6 Å². The lowest BCUT2D eigenvalue weighted by Crippen LogP contribution is -2.22. The highest BCUT2D eigenvalue weighted by atomic mass is 19.1. The molecule has 0 aromatic rings. The van der Waals surface area contributed by atoms with Gasteiger partial charge >= 0.3 is 0 Å². The number of nitrogens with zero attached hydrogens (tertiary/aromatic N) is 1. The molecule has 0 N–H and O–H groups in total. The fourth-order valence-corrected chi connectivity index (χ4v) is 2.03. The number of fused-ring (bicyclic) bond motifs is 1. The van der Waals surface area contributed by atoms with Gasteiger partial charge < -0.3 is 0 Å². The molecule has 2 aliphatic heterocycles. The van der Waals surface area contributed by atoms with Crippen LogP contribution in [0.5, 0.6) is 0 Å². The van der Waals surface area contributed by atoms with E-state index in [9.17, 15) is 4.39 Å². The van der Waals surface area contributed by atoms with Crippen LogP contribution in [0, 0.1) is 0 Å². The van der Waals surface area contributed by atoms with Crippen LogP contribution in [0.4, 0.5) is 4.39 Å². The molecule has 0 saturated carbocycles. The molecule has 1 nitrogen and oxygen atoms in total. The summed E-state index contributed by atoms with van der Waals surface area (Å²) in [6.07, 6.45) is 2.81. The van der Waals surface area contributed by atoms with Gasteiger partial charge in [0.2, 0.25) is 0 Å². The van der Waals surface area contributed by atoms with E-state index in [-0.39, 0.29) is 0 Å². The van der Waals surface area contributed by atoms with E-state index < -0.39 is 6.17 Å². The first kappa shape index (κ1) is 5.66.